The number of nitrogens with one attached hydrogen (secondary N) is 3. The Bertz CT molecular complexity index is 339. The van der Waals surface area contributed by atoms with Crippen molar-refractivity contribution in [3.8, 4) is 0 Å². The predicted molar refractivity (Wildman–Crippen MR) is 70.3 cm³/mol. The van der Waals surface area contributed by atoms with Crippen molar-refractivity contribution in [3.63, 3.8) is 0 Å². The Kier molecular flexibility index (Phi) is 5.80. The van der Waals surface area contributed by atoms with Gasteiger partial charge in [-0.2, -0.15) is 0 Å². The first-order valence-electron chi connectivity index (χ1n) is 5.63. The van der Waals surface area contributed by atoms with Gasteiger partial charge in [-0.15, -0.1) is 12.4 Å². The standard InChI is InChI=1S/C12H17N3O.ClH/c16-12(15-11-6-7-13-9-11)14-8-10-4-2-1-3-5-10;/h1-5,11,13H,6-9H2,(H2,14,15,16);1H/t11-;/m0./s1. The molecule has 3 N–H and O–H groups in total. The minimum absolute atomic E-state index is 0. The second-order valence-electron chi connectivity index (χ2n) is 4.00. The first kappa shape index (κ1) is 13.8. The van der Waals surface area contributed by atoms with Crippen LogP contribution in [0.2, 0.25) is 0 Å². The first-order valence-corrected chi connectivity index (χ1v) is 5.63. The minimum Gasteiger partial charge on any atom is -0.334 e. The summed E-state index contributed by atoms with van der Waals surface area (Å²) in [7, 11) is 0. The minimum atomic E-state index is -0.0856. The molecule has 0 unspecified atom stereocenters. The van der Waals surface area contributed by atoms with E-state index in [1.54, 1.807) is 0 Å². The summed E-state index contributed by atoms with van der Waals surface area (Å²) in [6.07, 6.45) is 1.01. The Hall–Kier alpha value is -1.26. The van der Waals surface area contributed by atoms with Crippen LogP contribution >= 0.6 is 12.4 Å². The van der Waals surface area contributed by atoms with Crippen LogP contribution in [-0.4, -0.2) is 25.2 Å². The highest BCUT2D eigenvalue weighted by Gasteiger charge is 2.15. The van der Waals surface area contributed by atoms with Crippen LogP contribution in [0.3, 0.4) is 0 Å². The average molecular weight is 256 g/mol. The highest BCUT2D eigenvalue weighted by atomic mass is 35.5. The molecule has 0 aliphatic carbocycles. The Morgan fingerprint density at radius 2 is 2.12 bits per heavy atom. The largest absolute Gasteiger partial charge is 0.334 e. The molecule has 2 amide bonds. The molecule has 0 saturated carbocycles. The van der Waals surface area contributed by atoms with Crippen LogP contribution in [0.25, 0.3) is 0 Å². The smallest absolute Gasteiger partial charge is 0.315 e. The molecule has 1 aliphatic rings. The molecular weight excluding hydrogens is 238 g/mol. The van der Waals surface area contributed by atoms with Gasteiger partial charge in [0.15, 0.2) is 0 Å². The van der Waals surface area contributed by atoms with Crippen molar-refractivity contribution in [2.75, 3.05) is 13.1 Å². The maximum atomic E-state index is 11.5. The first-order chi connectivity index (χ1) is 7.84. The van der Waals surface area contributed by atoms with Gasteiger partial charge >= 0.3 is 6.03 Å². The number of benzene rings is 1. The van der Waals surface area contributed by atoms with Crippen molar-refractivity contribution < 1.29 is 4.79 Å². The maximum Gasteiger partial charge on any atom is 0.315 e. The number of urea groups is 1. The molecular formula is C12H18ClN3O. The van der Waals surface area contributed by atoms with Crippen molar-refractivity contribution in [2.45, 2.75) is 19.0 Å². The molecule has 4 nitrogen and oxygen atoms in total. The lowest BCUT2D eigenvalue weighted by Crippen LogP contribution is -2.42. The summed E-state index contributed by atoms with van der Waals surface area (Å²) < 4.78 is 0. The van der Waals surface area contributed by atoms with Gasteiger partial charge in [0.2, 0.25) is 0 Å². The van der Waals surface area contributed by atoms with Crippen molar-refractivity contribution in [3.05, 3.63) is 35.9 Å². The average Bonchev–Trinajstić information content (AvgIpc) is 2.81. The van der Waals surface area contributed by atoms with Gasteiger partial charge < -0.3 is 16.0 Å². The number of carbonyl (C=O) groups is 1. The van der Waals surface area contributed by atoms with Crippen LogP contribution in [0, 0.1) is 0 Å². The van der Waals surface area contributed by atoms with Gasteiger partial charge in [0, 0.05) is 19.1 Å². The van der Waals surface area contributed by atoms with Gasteiger partial charge in [0.1, 0.15) is 0 Å². The lowest BCUT2D eigenvalue weighted by Gasteiger charge is -2.12. The summed E-state index contributed by atoms with van der Waals surface area (Å²) in [5.74, 6) is 0. The van der Waals surface area contributed by atoms with Crippen molar-refractivity contribution in [1.29, 1.82) is 0 Å². The molecule has 0 radical (unpaired) electrons. The second-order valence-corrected chi connectivity index (χ2v) is 4.00. The lowest BCUT2D eigenvalue weighted by molar-refractivity contribution is 0.237. The van der Waals surface area contributed by atoms with E-state index in [1.807, 2.05) is 30.3 Å². The van der Waals surface area contributed by atoms with Crippen molar-refractivity contribution >= 4 is 18.4 Å². The number of hydrogen-bond donors (Lipinski definition) is 3. The summed E-state index contributed by atoms with van der Waals surface area (Å²) >= 11 is 0. The van der Waals surface area contributed by atoms with Crippen molar-refractivity contribution in [1.82, 2.24) is 16.0 Å². The molecule has 0 spiro atoms. The molecule has 1 aromatic rings. The van der Waals surface area contributed by atoms with Crippen LogP contribution in [0.5, 0.6) is 0 Å². The van der Waals surface area contributed by atoms with Gasteiger partial charge in [0.05, 0.1) is 0 Å². The molecule has 0 aromatic heterocycles. The maximum absolute atomic E-state index is 11.5. The normalized spacial score (nSPS) is 18.2. The molecule has 1 atom stereocenters. The van der Waals surface area contributed by atoms with Gasteiger partial charge in [-0.05, 0) is 18.5 Å². The summed E-state index contributed by atoms with van der Waals surface area (Å²) in [6.45, 7) is 2.44. The third-order valence-electron chi connectivity index (χ3n) is 2.69. The molecule has 1 aliphatic heterocycles. The van der Waals surface area contributed by atoms with Crippen LogP contribution in [-0.2, 0) is 6.54 Å². The summed E-state index contributed by atoms with van der Waals surface area (Å²) in [5, 5.41) is 8.99. The molecule has 94 valence electrons. The molecule has 0 bridgehead atoms. The number of rotatable bonds is 3. The van der Waals surface area contributed by atoms with Crippen LogP contribution in [0.15, 0.2) is 30.3 Å². The van der Waals surface area contributed by atoms with E-state index in [0.717, 1.165) is 25.1 Å². The van der Waals surface area contributed by atoms with Crippen LogP contribution in [0.1, 0.15) is 12.0 Å². The van der Waals surface area contributed by atoms with Crippen molar-refractivity contribution in [2.24, 2.45) is 0 Å². The van der Waals surface area contributed by atoms with E-state index < -0.39 is 0 Å². The van der Waals surface area contributed by atoms with Gasteiger partial charge in [-0.25, -0.2) is 4.79 Å². The predicted octanol–water partition coefficient (Wildman–Crippen LogP) is 1.27. The molecule has 1 fully saturated rings. The van der Waals surface area contributed by atoms with Gasteiger partial charge in [-0.3, -0.25) is 0 Å². The number of hydrogen-bond acceptors (Lipinski definition) is 2. The summed E-state index contributed by atoms with van der Waals surface area (Å²) in [6, 6.07) is 10.1. The summed E-state index contributed by atoms with van der Waals surface area (Å²) in [4.78, 5) is 11.5. The molecule has 17 heavy (non-hydrogen) atoms. The monoisotopic (exact) mass is 255 g/mol. The third kappa shape index (κ3) is 4.63. The van der Waals surface area contributed by atoms with E-state index in [0.29, 0.717) is 6.54 Å². The van der Waals surface area contributed by atoms with E-state index in [-0.39, 0.29) is 24.5 Å². The highest BCUT2D eigenvalue weighted by Crippen LogP contribution is 1.98. The van der Waals surface area contributed by atoms with E-state index in [1.165, 1.54) is 0 Å². The zero-order valence-electron chi connectivity index (χ0n) is 9.61. The number of carbonyl (C=O) groups excluding carboxylic acids is 1. The zero-order valence-corrected chi connectivity index (χ0v) is 10.4. The molecule has 2 rings (SSSR count). The topological polar surface area (TPSA) is 53.2 Å². The lowest BCUT2D eigenvalue weighted by atomic mass is 10.2. The number of amides is 2. The number of halogens is 1. The Labute approximate surface area is 108 Å². The van der Waals surface area contributed by atoms with E-state index in [9.17, 15) is 4.79 Å². The Balaban J connectivity index is 0.00000144. The van der Waals surface area contributed by atoms with E-state index in [4.69, 9.17) is 0 Å². The second kappa shape index (κ2) is 7.14. The molecule has 1 heterocycles. The van der Waals surface area contributed by atoms with Crippen LogP contribution in [0.4, 0.5) is 4.79 Å². The van der Waals surface area contributed by atoms with Crippen LogP contribution < -0.4 is 16.0 Å². The third-order valence-corrected chi connectivity index (χ3v) is 2.69. The fourth-order valence-corrected chi connectivity index (χ4v) is 1.79. The van der Waals surface area contributed by atoms with E-state index in [2.05, 4.69) is 16.0 Å². The quantitative estimate of drug-likeness (QED) is 0.762. The van der Waals surface area contributed by atoms with Gasteiger partial charge in [0.25, 0.3) is 0 Å². The molecule has 1 saturated heterocycles. The highest BCUT2D eigenvalue weighted by molar-refractivity contribution is 5.85. The Morgan fingerprint density at radius 3 is 2.76 bits per heavy atom. The fraction of sp³-hybridized carbons (Fsp3) is 0.417. The fourth-order valence-electron chi connectivity index (χ4n) is 1.79. The summed E-state index contributed by atoms with van der Waals surface area (Å²) in [5.41, 5.74) is 1.11. The zero-order chi connectivity index (χ0) is 11.2. The SMILES string of the molecule is Cl.O=C(NCc1ccccc1)N[C@H]1CCNC1. The van der Waals surface area contributed by atoms with Gasteiger partial charge in [-0.1, -0.05) is 30.3 Å². The Morgan fingerprint density at radius 1 is 1.35 bits per heavy atom. The van der Waals surface area contributed by atoms with E-state index >= 15 is 0 Å². The molecule has 5 heteroatoms. The molecule has 1 aromatic carbocycles.